The molecule has 3 aromatic rings. The molecule has 0 unspecified atom stereocenters. The van der Waals surface area contributed by atoms with E-state index < -0.39 is 0 Å². The summed E-state index contributed by atoms with van der Waals surface area (Å²) in [7, 11) is 0. The van der Waals surface area contributed by atoms with Crippen molar-refractivity contribution in [2.45, 2.75) is 25.7 Å². The number of nitrogens with zero attached hydrogens (tertiary/aromatic N) is 1. The van der Waals surface area contributed by atoms with E-state index in [-0.39, 0.29) is 17.1 Å². The van der Waals surface area contributed by atoms with E-state index in [0.717, 1.165) is 36.1 Å². The van der Waals surface area contributed by atoms with Crippen molar-refractivity contribution in [3.05, 3.63) is 39.0 Å². The lowest BCUT2D eigenvalue weighted by molar-refractivity contribution is 0.451. The van der Waals surface area contributed by atoms with Crippen LogP contribution in [0, 0.1) is 0 Å². The minimum absolute atomic E-state index is 0.0312. The third-order valence-corrected chi connectivity index (χ3v) is 5.25. The second kappa shape index (κ2) is 4.84. The summed E-state index contributed by atoms with van der Waals surface area (Å²) >= 11 is 1.57. The molecule has 1 aromatic carbocycles. The average Bonchev–Trinajstić information content (AvgIpc) is 2.85. The van der Waals surface area contributed by atoms with Crippen LogP contribution in [0.4, 0.5) is 0 Å². The van der Waals surface area contributed by atoms with Gasteiger partial charge in [-0.15, -0.1) is 11.3 Å². The maximum atomic E-state index is 12.5. The van der Waals surface area contributed by atoms with Crippen LogP contribution in [0.1, 0.15) is 23.3 Å². The van der Waals surface area contributed by atoms with Gasteiger partial charge < -0.3 is 15.2 Å². The van der Waals surface area contributed by atoms with E-state index in [0.29, 0.717) is 16.8 Å². The summed E-state index contributed by atoms with van der Waals surface area (Å²) in [6, 6.07) is 4.24. The predicted molar refractivity (Wildman–Crippen MR) is 85.6 cm³/mol. The van der Waals surface area contributed by atoms with Crippen molar-refractivity contribution in [2.75, 3.05) is 0 Å². The Labute approximate surface area is 129 Å². The first kappa shape index (κ1) is 13.3. The highest BCUT2D eigenvalue weighted by molar-refractivity contribution is 7.18. The fourth-order valence-electron chi connectivity index (χ4n) is 3.01. The van der Waals surface area contributed by atoms with Crippen LogP contribution in [0.2, 0.25) is 0 Å². The van der Waals surface area contributed by atoms with E-state index in [1.807, 2.05) is 0 Å². The summed E-state index contributed by atoms with van der Waals surface area (Å²) in [5.41, 5.74) is 1.39. The Morgan fingerprint density at radius 3 is 2.82 bits per heavy atom. The minimum Gasteiger partial charge on any atom is -0.508 e. The lowest BCUT2D eigenvalue weighted by Crippen LogP contribution is -2.11. The second-order valence-electron chi connectivity index (χ2n) is 5.51. The van der Waals surface area contributed by atoms with Crippen LogP contribution in [0.3, 0.4) is 0 Å². The molecule has 3 N–H and O–H groups in total. The van der Waals surface area contributed by atoms with Gasteiger partial charge in [-0.1, -0.05) is 0 Å². The van der Waals surface area contributed by atoms with Crippen LogP contribution in [0.5, 0.6) is 11.5 Å². The highest BCUT2D eigenvalue weighted by Crippen LogP contribution is 2.35. The van der Waals surface area contributed by atoms with Crippen LogP contribution in [-0.4, -0.2) is 20.2 Å². The topological polar surface area (TPSA) is 86.2 Å². The molecular formula is C16H14N2O3S. The highest BCUT2D eigenvalue weighted by atomic mass is 32.1. The molecule has 22 heavy (non-hydrogen) atoms. The number of hydrogen-bond donors (Lipinski definition) is 3. The zero-order valence-electron chi connectivity index (χ0n) is 11.7. The molecule has 2 aromatic heterocycles. The van der Waals surface area contributed by atoms with Crippen LogP contribution < -0.4 is 5.56 Å². The molecule has 4 rings (SSSR count). The summed E-state index contributed by atoms with van der Waals surface area (Å²) in [6.07, 6.45) is 4.21. The standard InChI is InChI=1S/C16H14N2O3S/c19-8-5-6-9(11(20)7-8)14-17-15(21)13-10-3-1-2-4-12(10)22-16(13)18-14/h5-7,19-20H,1-4H2,(H,17,18,21). The Balaban J connectivity index is 1.95. The lowest BCUT2D eigenvalue weighted by Gasteiger charge is -2.09. The molecule has 1 aliphatic carbocycles. The van der Waals surface area contributed by atoms with Gasteiger partial charge in [-0.25, -0.2) is 4.98 Å². The van der Waals surface area contributed by atoms with Gasteiger partial charge in [-0.2, -0.15) is 0 Å². The average molecular weight is 314 g/mol. The minimum atomic E-state index is -0.160. The van der Waals surface area contributed by atoms with Crippen molar-refractivity contribution in [3.8, 4) is 22.9 Å². The molecule has 0 saturated carbocycles. The quantitative estimate of drug-likeness (QED) is 0.644. The number of aromatic nitrogens is 2. The molecule has 0 amide bonds. The first-order valence-electron chi connectivity index (χ1n) is 7.20. The van der Waals surface area contributed by atoms with Crippen molar-refractivity contribution >= 4 is 21.6 Å². The molecule has 6 heteroatoms. The zero-order valence-corrected chi connectivity index (χ0v) is 12.5. The molecule has 2 heterocycles. The first-order chi connectivity index (χ1) is 10.6. The predicted octanol–water partition coefficient (Wildman–Crippen LogP) is 2.94. The molecule has 0 atom stereocenters. The van der Waals surface area contributed by atoms with Crippen molar-refractivity contribution in [3.63, 3.8) is 0 Å². The number of benzene rings is 1. The molecule has 1 aliphatic rings. The maximum absolute atomic E-state index is 12.5. The SMILES string of the molecule is O=c1[nH]c(-c2ccc(O)cc2O)nc2sc3c(c12)CCCC3. The number of aryl methyl sites for hydroxylation is 2. The molecule has 112 valence electrons. The Kier molecular flexibility index (Phi) is 2.94. The number of fused-ring (bicyclic) bond motifs is 3. The monoisotopic (exact) mass is 314 g/mol. The number of hydrogen-bond acceptors (Lipinski definition) is 5. The molecule has 5 nitrogen and oxygen atoms in total. The summed E-state index contributed by atoms with van der Waals surface area (Å²) < 4.78 is 0. The second-order valence-corrected chi connectivity index (χ2v) is 6.59. The van der Waals surface area contributed by atoms with Crippen molar-refractivity contribution in [1.29, 1.82) is 0 Å². The van der Waals surface area contributed by atoms with Crippen molar-refractivity contribution in [1.82, 2.24) is 9.97 Å². The number of rotatable bonds is 1. The Morgan fingerprint density at radius 2 is 2.00 bits per heavy atom. The largest absolute Gasteiger partial charge is 0.508 e. The Morgan fingerprint density at radius 1 is 1.18 bits per heavy atom. The first-order valence-corrected chi connectivity index (χ1v) is 8.02. The lowest BCUT2D eigenvalue weighted by atomic mass is 9.97. The van der Waals surface area contributed by atoms with Gasteiger partial charge in [-0.3, -0.25) is 4.79 Å². The highest BCUT2D eigenvalue weighted by Gasteiger charge is 2.20. The summed E-state index contributed by atoms with van der Waals surface area (Å²) in [6.45, 7) is 0. The third-order valence-electron chi connectivity index (χ3n) is 4.06. The van der Waals surface area contributed by atoms with E-state index in [4.69, 9.17) is 0 Å². The number of aromatic amines is 1. The van der Waals surface area contributed by atoms with Gasteiger partial charge >= 0.3 is 0 Å². The van der Waals surface area contributed by atoms with Gasteiger partial charge in [0.25, 0.3) is 5.56 Å². The van der Waals surface area contributed by atoms with E-state index in [2.05, 4.69) is 9.97 Å². The van der Waals surface area contributed by atoms with Gasteiger partial charge in [0.1, 0.15) is 22.2 Å². The van der Waals surface area contributed by atoms with Gasteiger partial charge in [0, 0.05) is 10.9 Å². The molecule has 0 aliphatic heterocycles. The normalized spacial score (nSPS) is 14.2. The number of phenols is 2. The van der Waals surface area contributed by atoms with Crippen molar-refractivity contribution < 1.29 is 10.2 Å². The van der Waals surface area contributed by atoms with Crippen LogP contribution in [0.15, 0.2) is 23.0 Å². The third kappa shape index (κ3) is 1.99. The number of nitrogens with one attached hydrogen (secondary N) is 1. The van der Waals surface area contributed by atoms with Crippen LogP contribution in [-0.2, 0) is 12.8 Å². The van der Waals surface area contributed by atoms with Crippen LogP contribution >= 0.6 is 11.3 Å². The molecular weight excluding hydrogens is 300 g/mol. The van der Waals surface area contributed by atoms with Crippen molar-refractivity contribution in [2.24, 2.45) is 0 Å². The van der Waals surface area contributed by atoms with Gasteiger partial charge in [0.2, 0.25) is 0 Å². The van der Waals surface area contributed by atoms with Gasteiger partial charge in [0.15, 0.2) is 0 Å². The number of phenolic OH excluding ortho intramolecular Hbond substituents is 2. The Hall–Kier alpha value is -2.34. The summed E-state index contributed by atoms with van der Waals surface area (Å²) in [5.74, 6) is 0.189. The maximum Gasteiger partial charge on any atom is 0.260 e. The summed E-state index contributed by atoms with van der Waals surface area (Å²) in [5, 5.41) is 20.0. The van der Waals surface area contributed by atoms with Gasteiger partial charge in [0.05, 0.1) is 10.9 Å². The molecule has 0 fully saturated rings. The number of H-pyrrole nitrogens is 1. The van der Waals surface area contributed by atoms with E-state index in [1.165, 1.54) is 17.0 Å². The van der Waals surface area contributed by atoms with E-state index in [1.54, 1.807) is 17.4 Å². The number of thiophene rings is 1. The summed E-state index contributed by atoms with van der Waals surface area (Å²) in [4.78, 5) is 21.7. The molecule has 0 saturated heterocycles. The Bertz CT molecular complexity index is 942. The zero-order chi connectivity index (χ0) is 15.3. The smallest absolute Gasteiger partial charge is 0.260 e. The van der Waals surface area contributed by atoms with Gasteiger partial charge in [-0.05, 0) is 43.4 Å². The number of aromatic hydroxyl groups is 2. The molecule has 0 radical (unpaired) electrons. The molecule has 0 spiro atoms. The molecule has 0 bridgehead atoms. The van der Waals surface area contributed by atoms with Crippen LogP contribution in [0.25, 0.3) is 21.6 Å². The van der Waals surface area contributed by atoms with E-state index >= 15 is 0 Å². The fourth-order valence-corrected chi connectivity index (χ4v) is 4.27. The fraction of sp³-hybridized carbons (Fsp3) is 0.250. The van der Waals surface area contributed by atoms with E-state index in [9.17, 15) is 15.0 Å².